The number of thioether (sulfide) groups is 1. The molecule has 0 saturated carbocycles. The number of aryl methyl sites for hydroxylation is 1. The Hall–Kier alpha value is -0.540. The van der Waals surface area contributed by atoms with Crippen molar-refractivity contribution in [1.29, 1.82) is 0 Å². The molecule has 90 valence electrons. The maximum Gasteiger partial charge on any atom is 0.123 e. The van der Waals surface area contributed by atoms with Crippen molar-refractivity contribution in [2.75, 3.05) is 13.6 Å². The molecule has 0 saturated heterocycles. The summed E-state index contributed by atoms with van der Waals surface area (Å²) in [7, 11) is 1.97. The summed E-state index contributed by atoms with van der Waals surface area (Å²) in [4.78, 5) is 1.18. The lowest BCUT2D eigenvalue weighted by atomic mass is 10.1. The van der Waals surface area contributed by atoms with Crippen LogP contribution in [0.2, 0.25) is 0 Å². The number of halogens is 1. The Morgan fingerprint density at radius 1 is 1.38 bits per heavy atom. The van der Waals surface area contributed by atoms with Crippen molar-refractivity contribution in [3.8, 4) is 0 Å². The minimum atomic E-state index is -0.156. The maximum atomic E-state index is 13.0. The van der Waals surface area contributed by atoms with Gasteiger partial charge in [0.05, 0.1) is 0 Å². The van der Waals surface area contributed by atoms with Gasteiger partial charge in [0.2, 0.25) is 0 Å². The van der Waals surface area contributed by atoms with Crippen LogP contribution in [0.15, 0.2) is 23.1 Å². The molecule has 0 aliphatic rings. The van der Waals surface area contributed by atoms with E-state index in [2.05, 4.69) is 19.2 Å². The van der Waals surface area contributed by atoms with Gasteiger partial charge in [0.25, 0.3) is 0 Å². The van der Waals surface area contributed by atoms with Gasteiger partial charge in [-0.3, -0.25) is 0 Å². The molecular formula is C13H20FNS. The van der Waals surface area contributed by atoms with Crippen molar-refractivity contribution < 1.29 is 4.39 Å². The van der Waals surface area contributed by atoms with Crippen molar-refractivity contribution in [2.45, 2.75) is 30.9 Å². The van der Waals surface area contributed by atoms with Crippen LogP contribution in [0.4, 0.5) is 4.39 Å². The lowest BCUT2D eigenvalue weighted by molar-refractivity contribution is 0.578. The van der Waals surface area contributed by atoms with E-state index in [0.29, 0.717) is 11.2 Å². The normalized spacial score (nSPS) is 13.1. The van der Waals surface area contributed by atoms with Crippen molar-refractivity contribution in [3.05, 3.63) is 29.6 Å². The highest BCUT2D eigenvalue weighted by molar-refractivity contribution is 8.00. The minimum absolute atomic E-state index is 0.156. The number of benzene rings is 1. The molecule has 0 aliphatic heterocycles. The standard InChI is InChI=1S/C13H20FNS/c1-9(2)13(8-15-4)16-12-6-5-11(14)7-10(12)3/h5-7,9,13,15H,8H2,1-4H3. The Kier molecular flexibility index (Phi) is 5.29. The molecule has 0 amide bonds. The van der Waals surface area contributed by atoms with Crippen LogP contribution in [0, 0.1) is 18.7 Å². The van der Waals surface area contributed by atoms with Gasteiger partial charge in [-0.05, 0) is 43.7 Å². The highest BCUT2D eigenvalue weighted by Gasteiger charge is 2.15. The van der Waals surface area contributed by atoms with Gasteiger partial charge in [-0.2, -0.15) is 0 Å². The Balaban J connectivity index is 2.77. The lowest BCUT2D eigenvalue weighted by Gasteiger charge is -2.20. The molecule has 0 aliphatic carbocycles. The summed E-state index contributed by atoms with van der Waals surface area (Å²) in [5.74, 6) is 0.443. The van der Waals surface area contributed by atoms with Crippen LogP contribution in [0.3, 0.4) is 0 Å². The zero-order valence-corrected chi connectivity index (χ0v) is 11.2. The molecule has 0 aromatic heterocycles. The molecule has 1 aromatic rings. The van der Waals surface area contributed by atoms with Crippen LogP contribution in [-0.2, 0) is 0 Å². The monoisotopic (exact) mass is 241 g/mol. The van der Waals surface area contributed by atoms with Crippen molar-refractivity contribution in [2.24, 2.45) is 5.92 Å². The first-order chi connectivity index (χ1) is 7.54. The average Bonchev–Trinajstić information content (AvgIpc) is 2.20. The Morgan fingerprint density at radius 3 is 2.56 bits per heavy atom. The summed E-state index contributed by atoms with van der Waals surface area (Å²) in [5.41, 5.74) is 1.02. The van der Waals surface area contributed by atoms with Gasteiger partial charge in [0.1, 0.15) is 5.82 Å². The van der Waals surface area contributed by atoms with Gasteiger partial charge in [-0.15, -0.1) is 11.8 Å². The number of hydrogen-bond acceptors (Lipinski definition) is 2. The quantitative estimate of drug-likeness (QED) is 0.792. The van der Waals surface area contributed by atoms with E-state index in [1.165, 1.54) is 11.0 Å². The molecule has 1 unspecified atom stereocenters. The molecule has 1 nitrogen and oxygen atoms in total. The van der Waals surface area contributed by atoms with Crippen LogP contribution in [0.25, 0.3) is 0 Å². The van der Waals surface area contributed by atoms with Crippen molar-refractivity contribution >= 4 is 11.8 Å². The summed E-state index contributed by atoms with van der Waals surface area (Å²) in [6.07, 6.45) is 0. The largest absolute Gasteiger partial charge is 0.319 e. The fourth-order valence-corrected chi connectivity index (χ4v) is 2.76. The number of hydrogen-bond donors (Lipinski definition) is 1. The van der Waals surface area contributed by atoms with Crippen LogP contribution >= 0.6 is 11.8 Å². The van der Waals surface area contributed by atoms with E-state index < -0.39 is 0 Å². The topological polar surface area (TPSA) is 12.0 Å². The lowest BCUT2D eigenvalue weighted by Crippen LogP contribution is -2.25. The van der Waals surface area contributed by atoms with Gasteiger partial charge in [-0.25, -0.2) is 4.39 Å². The summed E-state index contributed by atoms with van der Waals surface area (Å²) >= 11 is 1.83. The first-order valence-corrected chi connectivity index (χ1v) is 6.50. The SMILES string of the molecule is CNCC(Sc1ccc(F)cc1C)C(C)C. The molecule has 1 atom stereocenters. The van der Waals surface area contributed by atoms with Crippen LogP contribution in [-0.4, -0.2) is 18.8 Å². The fourth-order valence-electron chi connectivity index (χ4n) is 1.52. The third kappa shape index (κ3) is 3.80. The molecule has 3 heteroatoms. The second-order valence-corrected chi connectivity index (χ2v) is 5.65. The molecule has 1 rings (SSSR count). The van der Waals surface area contributed by atoms with Crippen LogP contribution < -0.4 is 5.32 Å². The molecule has 0 heterocycles. The van der Waals surface area contributed by atoms with E-state index in [1.807, 2.05) is 31.8 Å². The Labute approximate surface area is 102 Å². The van der Waals surface area contributed by atoms with Gasteiger partial charge in [0, 0.05) is 16.7 Å². The van der Waals surface area contributed by atoms with E-state index in [9.17, 15) is 4.39 Å². The highest BCUT2D eigenvalue weighted by Crippen LogP contribution is 2.30. The summed E-state index contributed by atoms with van der Waals surface area (Å²) in [5, 5.41) is 3.73. The third-order valence-electron chi connectivity index (χ3n) is 2.56. The van der Waals surface area contributed by atoms with Gasteiger partial charge >= 0.3 is 0 Å². The maximum absolute atomic E-state index is 13.0. The summed E-state index contributed by atoms with van der Waals surface area (Å²) in [6.45, 7) is 7.36. The zero-order chi connectivity index (χ0) is 12.1. The third-order valence-corrected chi connectivity index (χ3v) is 4.29. The Morgan fingerprint density at radius 2 is 2.06 bits per heavy atom. The van der Waals surface area contributed by atoms with Crippen molar-refractivity contribution in [3.63, 3.8) is 0 Å². The van der Waals surface area contributed by atoms with Crippen LogP contribution in [0.5, 0.6) is 0 Å². The zero-order valence-electron chi connectivity index (χ0n) is 10.4. The van der Waals surface area contributed by atoms with Crippen molar-refractivity contribution in [1.82, 2.24) is 5.32 Å². The average molecular weight is 241 g/mol. The Bertz CT molecular complexity index is 339. The minimum Gasteiger partial charge on any atom is -0.319 e. The smallest absolute Gasteiger partial charge is 0.123 e. The number of nitrogens with one attached hydrogen (secondary N) is 1. The highest BCUT2D eigenvalue weighted by atomic mass is 32.2. The first kappa shape index (κ1) is 13.5. The fraction of sp³-hybridized carbons (Fsp3) is 0.538. The molecule has 1 N–H and O–H groups in total. The first-order valence-electron chi connectivity index (χ1n) is 5.62. The molecular weight excluding hydrogens is 221 g/mol. The predicted molar refractivity (Wildman–Crippen MR) is 69.5 cm³/mol. The molecule has 16 heavy (non-hydrogen) atoms. The molecule has 0 radical (unpaired) electrons. The van der Waals surface area contributed by atoms with E-state index in [-0.39, 0.29) is 5.82 Å². The predicted octanol–water partition coefficient (Wildman–Crippen LogP) is 3.47. The number of rotatable bonds is 5. The summed E-state index contributed by atoms with van der Waals surface area (Å²) in [6, 6.07) is 5.01. The van der Waals surface area contributed by atoms with Gasteiger partial charge in [-0.1, -0.05) is 13.8 Å². The van der Waals surface area contributed by atoms with Gasteiger partial charge in [0.15, 0.2) is 0 Å². The molecule has 0 fully saturated rings. The molecule has 0 bridgehead atoms. The van der Waals surface area contributed by atoms with E-state index >= 15 is 0 Å². The van der Waals surface area contributed by atoms with E-state index in [1.54, 1.807) is 6.07 Å². The molecule has 1 aromatic carbocycles. The van der Waals surface area contributed by atoms with Gasteiger partial charge < -0.3 is 5.32 Å². The van der Waals surface area contributed by atoms with E-state index in [4.69, 9.17) is 0 Å². The summed E-state index contributed by atoms with van der Waals surface area (Å²) < 4.78 is 13.0. The molecule has 0 spiro atoms. The van der Waals surface area contributed by atoms with Crippen LogP contribution in [0.1, 0.15) is 19.4 Å². The second kappa shape index (κ2) is 6.26. The van der Waals surface area contributed by atoms with E-state index in [0.717, 1.165) is 12.1 Å². The second-order valence-electron chi connectivity index (χ2n) is 4.37.